The number of hydrogen-bond donors (Lipinski definition) is 1. The normalized spacial score (nSPS) is 14.7. The molecule has 0 bridgehead atoms. The van der Waals surface area contributed by atoms with E-state index in [0.29, 0.717) is 0 Å². The Kier molecular flexibility index (Phi) is 4.08. The third-order valence-corrected chi connectivity index (χ3v) is 4.65. The van der Waals surface area contributed by atoms with E-state index >= 15 is 0 Å². The van der Waals surface area contributed by atoms with Crippen LogP contribution in [-0.2, 0) is 19.3 Å². The highest BCUT2D eigenvalue weighted by Crippen LogP contribution is 2.23. The molecule has 20 heavy (non-hydrogen) atoms. The van der Waals surface area contributed by atoms with Gasteiger partial charge in [0.05, 0.1) is 5.75 Å². The van der Waals surface area contributed by atoms with Crippen LogP contribution in [0.3, 0.4) is 0 Å². The molecule has 106 valence electrons. The number of rotatable bonds is 6. The maximum Gasteiger partial charge on any atom is 0.143 e. The monoisotopic (exact) mass is 288 g/mol. The lowest BCUT2D eigenvalue weighted by atomic mass is 10.2. The topological polar surface area (TPSA) is 42.7 Å². The summed E-state index contributed by atoms with van der Waals surface area (Å²) in [5.74, 6) is 2.84. The average molecular weight is 288 g/mol. The summed E-state index contributed by atoms with van der Waals surface area (Å²) < 4.78 is 2.04. The molecule has 1 aliphatic carbocycles. The van der Waals surface area contributed by atoms with Crippen LogP contribution >= 0.6 is 11.8 Å². The van der Waals surface area contributed by atoms with E-state index in [1.165, 1.54) is 23.3 Å². The fourth-order valence-corrected chi connectivity index (χ4v) is 2.85. The van der Waals surface area contributed by atoms with Gasteiger partial charge in [-0.25, -0.2) is 0 Å². The van der Waals surface area contributed by atoms with Gasteiger partial charge >= 0.3 is 0 Å². The van der Waals surface area contributed by atoms with E-state index in [2.05, 4.69) is 39.8 Å². The first kappa shape index (κ1) is 13.6. The number of aryl methyl sites for hydroxylation is 1. The predicted octanol–water partition coefficient (Wildman–Crippen LogP) is 2.67. The van der Waals surface area contributed by atoms with Gasteiger partial charge in [-0.1, -0.05) is 12.1 Å². The Morgan fingerprint density at radius 1 is 1.25 bits per heavy atom. The second-order valence-electron chi connectivity index (χ2n) is 5.31. The van der Waals surface area contributed by atoms with Crippen LogP contribution < -0.4 is 5.32 Å². The van der Waals surface area contributed by atoms with Gasteiger partial charge in [0.2, 0.25) is 0 Å². The Morgan fingerprint density at radius 2 is 2.00 bits per heavy atom. The van der Waals surface area contributed by atoms with Crippen molar-refractivity contribution in [1.29, 1.82) is 0 Å². The van der Waals surface area contributed by atoms with Crippen molar-refractivity contribution in [3.63, 3.8) is 0 Å². The molecule has 0 aliphatic heterocycles. The standard InChI is InChI=1S/C15H20N4S/c1-11-17-18-15(19(11)2)10-20-14-7-3-12(4-8-14)9-16-13-5-6-13/h3-4,7-8,13,16H,5-6,9-10H2,1-2H3. The van der Waals surface area contributed by atoms with Gasteiger partial charge in [-0.05, 0) is 37.5 Å². The molecular formula is C15H20N4S. The molecule has 2 aromatic rings. The van der Waals surface area contributed by atoms with Crippen LogP contribution in [0.15, 0.2) is 29.2 Å². The van der Waals surface area contributed by atoms with Gasteiger partial charge in [0.15, 0.2) is 0 Å². The van der Waals surface area contributed by atoms with Crippen LogP contribution in [0, 0.1) is 6.92 Å². The molecule has 5 heteroatoms. The van der Waals surface area contributed by atoms with Gasteiger partial charge in [0.25, 0.3) is 0 Å². The van der Waals surface area contributed by atoms with Crippen molar-refractivity contribution in [3.8, 4) is 0 Å². The smallest absolute Gasteiger partial charge is 0.143 e. The number of aromatic nitrogens is 3. The highest BCUT2D eigenvalue weighted by Gasteiger charge is 2.19. The molecule has 0 unspecified atom stereocenters. The quantitative estimate of drug-likeness (QED) is 0.830. The molecule has 1 aliphatic rings. The van der Waals surface area contributed by atoms with E-state index in [0.717, 1.165) is 30.0 Å². The molecule has 1 heterocycles. The summed E-state index contributed by atoms with van der Waals surface area (Å²) in [5.41, 5.74) is 1.36. The molecule has 1 aromatic carbocycles. The van der Waals surface area contributed by atoms with E-state index < -0.39 is 0 Å². The van der Waals surface area contributed by atoms with Gasteiger partial charge in [0.1, 0.15) is 11.6 Å². The molecule has 0 radical (unpaired) electrons. The number of nitrogens with zero attached hydrogens (tertiary/aromatic N) is 3. The van der Waals surface area contributed by atoms with Crippen LogP contribution in [0.2, 0.25) is 0 Å². The summed E-state index contributed by atoms with van der Waals surface area (Å²) in [6, 6.07) is 9.57. The van der Waals surface area contributed by atoms with Crippen molar-refractivity contribution in [3.05, 3.63) is 41.5 Å². The van der Waals surface area contributed by atoms with Gasteiger partial charge in [-0.15, -0.1) is 22.0 Å². The minimum Gasteiger partial charge on any atom is -0.318 e. The van der Waals surface area contributed by atoms with Crippen LogP contribution in [-0.4, -0.2) is 20.8 Å². The van der Waals surface area contributed by atoms with Crippen molar-refractivity contribution < 1.29 is 0 Å². The van der Waals surface area contributed by atoms with Gasteiger partial charge in [-0.2, -0.15) is 0 Å². The van der Waals surface area contributed by atoms with Crippen molar-refractivity contribution in [2.45, 2.75) is 43.0 Å². The molecule has 0 saturated heterocycles. The first-order chi connectivity index (χ1) is 9.72. The number of thioether (sulfide) groups is 1. The lowest BCUT2D eigenvalue weighted by molar-refractivity contribution is 0.687. The van der Waals surface area contributed by atoms with Crippen LogP contribution in [0.1, 0.15) is 30.1 Å². The SMILES string of the molecule is Cc1nnc(CSc2ccc(CNC3CC3)cc2)n1C. The zero-order valence-electron chi connectivity index (χ0n) is 12.0. The lowest BCUT2D eigenvalue weighted by Gasteiger charge is -2.05. The second kappa shape index (κ2) is 5.97. The second-order valence-corrected chi connectivity index (χ2v) is 6.36. The summed E-state index contributed by atoms with van der Waals surface area (Å²) in [4.78, 5) is 1.28. The van der Waals surface area contributed by atoms with Gasteiger partial charge < -0.3 is 9.88 Å². The summed E-state index contributed by atoms with van der Waals surface area (Å²) in [5, 5.41) is 11.8. The average Bonchev–Trinajstić information content (AvgIpc) is 3.24. The summed E-state index contributed by atoms with van der Waals surface area (Å²) >= 11 is 1.80. The van der Waals surface area contributed by atoms with E-state index in [-0.39, 0.29) is 0 Å². The minimum absolute atomic E-state index is 0.767. The number of nitrogens with one attached hydrogen (secondary N) is 1. The highest BCUT2D eigenvalue weighted by molar-refractivity contribution is 7.98. The Morgan fingerprint density at radius 3 is 2.60 bits per heavy atom. The Hall–Kier alpha value is -1.33. The number of hydrogen-bond acceptors (Lipinski definition) is 4. The van der Waals surface area contributed by atoms with E-state index in [9.17, 15) is 0 Å². The predicted molar refractivity (Wildman–Crippen MR) is 81.6 cm³/mol. The Labute approximate surface area is 124 Å². The molecule has 1 aromatic heterocycles. The largest absolute Gasteiger partial charge is 0.318 e. The third-order valence-electron chi connectivity index (χ3n) is 3.65. The molecule has 4 nitrogen and oxygen atoms in total. The highest BCUT2D eigenvalue weighted by atomic mass is 32.2. The van der Waals surface area contributed by atoms with Crippen LogP contribution in [0.5, 0.6) is 0 Å². The van der Waals surface area contributed by atoms with Crippen LogP contribution in [0.25, 0.3) is 0 Å². The van der Waals surface area contributed by atoms with E-state index in [1.807, 2.05) is 18.5 Å². The van der Waals surface area contributed by atoms with Crippen molar-refractivity contribution in [1.82, 2.24) is 20.1 Å². The van der Waals surface area contributed by atoms with Gasteiger partial charge in [-0.3, -0.25) is 0 Å². The minimum atomic E-state index is 0.767. The van der Waals surface area contributed by atoms with E-state index in [1.54, 1.807) is 11.8 Å². The molecule has 0 spiro atoms. The zero-order chi connectivity index (χ0) is 13.9. The Balaban J connectivity index is 1.53. The summed E-state index contributed by atoms with van der Waals surface area (Å²) in [6.07, 6.45) is 2.68. The van der Waals surface area contributed by atoms with E-state index in [4.69, 9.17) is 0 Å². The molecule has 1 fully saturated rings. The zero-order valence-corrected chi connectivity index (χ0v) is 12.8. The maximum atomic E-state index is 4.19. The van der Waals surface area contributed by atoms with Gasteiger partial charge in [0, 0.05) is 24.5 Å². The van der Waals surface area contributed by atoms with Crippen LogP contribution in [0.4, 0.5) is 0 Å². The Bertz CT molecular complexity index is 572. The van der Waals surface area contributed by atoms with Crippen molar-refractivity contribution >= 4 is 11.8 Å². The van der Waals surface area contributed by atoms with Crippen molar-refractivity contribution in [2.24, 2.45) is 7.05 Å². The molecule has 3 rings (SSSR count). The molecule has 1 saturated carbocycles. The number of benzene rings is 1. The fraction of sp³-hybridized carbons (Fsp3) is 0.467. The molecule has 0 atom stereocenters. The molecule has 1 N–H and O–H groups in total. The van der Waals surface area contributed by atoms with Crippen molar-refractivity contribution in [2.75, 3.05) is 0 Å². The molecular weight excluding hydrogens is 268 g/mol. The first-order valence-corrected chi connectivity index (χ1v) is 8.01. The molecule has 0 amide bonds. The first-order valence-electron chi connectivity index (χ1n) is 7.02. The third kappa shape index (κ3) is 3.41. The maximum absolute atomic E-state index is 4.19. The summed E-state index contributed by atoms with van der Waals surface area (Å²) in [7, 11) is 2.01. The summed E-state index contributed by atoms with van der Waals surface area (Å²) in [6.45, 7) is 2.96. The lowest BCUT2D eigenvalue weighted by Crippen LogP contribution is -2.14. The fourth-order valence-electron chi connectivity index (χ4n) is 1.98.